The van der Waals surface area contributed by atoms with Crippen molar-refractivity contribution < 1.29 is 31.1 Å². The summed E-state index contributed by atoms with van der Waals surface area (Å²) in [6.07, 6.45) is -10.0. The van der Waals surface area contributed by atoms with Crippen LogP contribution in [0.1, 0.15) is 42.3 Å². The van der Waals surface area contributed by atoms with E-state index in [9.17, 15) is 31.1 Å². The molecule has 0 unspecified atom stereocenters. The van der Waals surface area contributed by atoms with Crippen LogP contribution in [0.3, 0.4) is 0 Å². The number of carbonyl (C=O) groups excluding carboxylic acids is 1. The van der Waals surface area contributed by atoms with E-state index >= 15 is 0 Å². The molecular formula is C13H12ClF6NO. The highest BCUT2D eigenvalue weighted by Crippen LogP contribution is 2.37. The van der Waals surface area contributed by atoms with Gasteiger partial charge in [-0.1, -0.05) is 0 Å². The highest BCUT2D eigenvalue weighted by molar-refractivity contribution is 6.24. The predicted octanol–water partition coefficient (Wildman–Crippen LogP) is 5.12. The lowest BCUT2D eigenvalue weighted by atomic mass is 10.0. The monoisotopic (exact) mass is 347 g/mol. The zero-order chi connectivity index (χ0) is 17.5. The Labute approximate surface area is 127 Å². The van der Waals surface area contributed by atoms with Crippen LogP contribution >= 0.6 is 11.8 Å². The quantitative estimate of drug-likeness (QED) is 0.510. The first-order chi connectivity index (χ1) is 9.64. The zero-order valence-corrected chi connectivity index (χ0v) is 12.5. The highest BCUT2D eigenvalue weighted by Gasteiger charge is 2.38. The molecular weight excluding hydrogens is 336 g/mol. The van der Waals surface area contributed by atoms with Gasteiger partial charge < -0.3 is 0 Å². The summed E-state index contributed by atoms with van der Waals surface area (Å²) in [4.78, 5) is 12.0. The van der Waals surface area contributed by atoms with Gasteiger partial charge in [-0.25, -0.2) is 4.42 Å². The molecule has 1 rings (SSSR count). The van der Waals surface area contributed by atoms with E-state index in [0.29, 0.717) is 16.6 Å². The molecule has 1 amide bonds. The molecule has 0 N–H and O–H groups in total. The van der Waals surface area contributed by atoms with Crippen molar-refractivity contribution in [2.45, 2.75) is 38.7 Å². The summed E-state index contributed by atoms with van der Waals surface area (Å²) in [7, 11) is 0. The van der Waals surface area contributed by atoms with Gasteiger partial charge >= 0.3 is 12.4 Å². The molecule has 0 aliphatic heterocycles. The predicted molar refractivity (Wildman–Crippen MR) is 68.2 cm³/mol. The molecule has 0 fully saturated rings. The van der Waals surface area contributed by atoms with E-state index in [1.807, 2.05) is 0 Å². The van der Waals surface area contributed by atoms with Crippen molar-refractivity contribution in [1.82, 2.24) is 4.42 Å². The van der Waals surface area contributed by atoms with Crippen LogP contribution in [-0.4, -0.2) is 15.9 Å². The Morgan fingerprint density at radius 3 is 1.55 bits per heavy atom. The van der Waals surface area contributed by atoms with Gasteiger partial charge in [-0.3, -0.25) is 4.79 Å². The van der Waals surface area contributed by atoms with Gasteiger partial charge in [0.1, 0.15) is 0 Å². The number of benzene rings is 1. The van der Waals surface area contributed by atoms with Crippen LogP contribution in [0.15, 0.2) is 18.2 Å². The van der Waals surface area contributed by atoms with E-state index in [4.69, 9.17) is 11.8 Å². The van der Waals surface area contributed by atoms with Crippen molar-refractivity contribution in [1.29, 1.82) is 0 Å². The van der Waals surface area contributed by atoms with E-state index in [1.165, 1.54) is 20.8 Å². The van der Waals surface area contributed by atoms with Gasteiger partial charge in [-0.2, -0.15) is 26.3 Å². The molecule has 0 atom stereocenters. The zero-order valence-electron chi connectivity index (χ0n) is 11.7. The van der Waals surface area contributed by atoms with E-state index in [-0.39, 0.29) is 6.07 Å². The van der Waals surface area contributed by atoms with Crippen molar-refractivity contribution >= 4 is 17.7 Å². The minimum absolute atomic E-state index is 0.0492. The first kappa shape index (κ1) is 18.6. The lowest BCUT2D eigenvalue weighted by molar-refractivity contribution is -0.143. The molecule has 0 aliphatic rings. The SMILES string of the molecule is CC(C)(C)N(Cl)C(=O)c1cc(C(F)(F)F)cc(C(F)(F)F)c1. The normalized spacial score (nSPS) is 13.2. The Morgan fingerprint density at radius 2 is 1.27 bits per heavy atom. The average molecular weight is 348 g/mol. The maximum atomic E-state index is 12.7. The Kier molecular flexibility index (Phi) is 4.77. The lowest BCUT2D eigenvalue weighted by Gasteiger charge is -2.29. The summed E-state index contributed by atoms with van der Waals surface area (Å²) in [5.74, 6) is -1.15. The van der Waals surface area contributed by atoms with E-state index in [0.717, 1.165) is 0 Å². The van der Waals surface area contributed by atoms with Crippen molar-refractivity contribution in [3.05, 3.63) is 34.9 Å². The topological polar surface area (TPSA) is 20.3 Å². The minimum Gasteiger partial charge on any atom is -0.268 e. The first-order valence-electron chi connectivity index (χ1n) is 5.94. The number of rotatable bonds is 1. The maximum absolute atomic E-state index is 12.7. The van der Waals surface area contributed by atoms with Gasteiger partial charge in [0.2, 0.25) is 0 Å². The van der Waals surface area contributed by atoms with Crippen LogP contribution in [0.2, 0.25) is 0 Å². The summed E-state index contributed by atoms with van der Waals surface area (Å²) < 4.78 is 76.8. The van der Waals surface area contributed by atoms with Crippen molar-refractivity contribution in [3.8, 4) is 0 Å². The van der Waals surface area contributed by atoms with Crippen molar-refractivity contribution in [3.63, 3.8) is 0 Å². The average Bonchev–Trinajstić information content (AvgIpc) is 2.33. The van der Waals surface area contributed by atoms with E-state index < -0.39 is 40.5 Å². The molecule has 0 aliphatic carbocycles. The largest absolute Gasteiger partial charge is 0.416 e. The molecule has 124 valence electrons. The molecule has 0 saturated carbocycles. The minimum atomic E-state index is -5.02. The third-order valence-corrected chi connectivity index (χ3v) is 3.26. The first-order valence-corrected chi connectivity index (χ1v) is 6.27. The summed E-state index contributed by atoms with van der Waals surface area (Å²) >= 11 is 5.70. The number of amides is 1. The summed E-state index contributed by atoms with van der Waals surface area (Å²) in [5, 5.41) is 0. The van der Waals surface area contributed by atoms with Gasteiger partial charge in [-0.05, 0) is 39.0 Å². The van der Waals surface area contributed by atoms with Crippen LogP contribution < -0.4 is 0 Å². The molecule has 0 bridgehead atoms. The summed E-state index contributed by atoms with van der Waals surface area (Å²) in [6.45, 7) is 4.45. The Morgan fingerprint density at radius 1 is 0.909 bits per heavy atom. The fourth-order valence-corrected chi connectivity index (χ4v) is 1.59. The standard InChI is InChI=1S/C13H12ClF6NO/c1-11(2,3)21(14)10(22)7-4-8(12(15,16)17)6-9(5-7)13(18,19)20/h4-6H,1-3H3. The molecule has 1 aromatic rings. The second kappa shape index (κ2) is 5.64. The van der Waals surface area contributed by atoms with Gasteiger partial charge in [0.15, 0.2) is 0 Å². The lowest BCUT2D eigenvalue weighted by Crippen LogP contribution is -2.38. The van der Waals surface area contributed by atoms with E-state index in [1.54, 1.807) is 0 Å². The molecule has 0 aromatic heterocycles. The van der Waals surface area contributed by atoms with Gasteiger partial charge in [0, 0.05) is 17.3 Å². The third kappa shape index (κ3) is 4.28. The van der Waals surface area contributed by atoms with Gasteiger partial charge in [-0.15, -0.1) is 0 Å². The Bertz CT molecular complexity index is 541. The molecule has 22 heavy (non-hydrogen) atoms. The maximum Gasteiger partial charge on any atom is 0.416 e. The summed E-state index contributed by atoms with van der Waals surface area (Å²) in [6, 6.07) is 0.643. The second-order valence-electron chi connectivity index (χ2n) is 5.55. The van der Waals surface area contributed by atoms with Crippen LogP contribution in [0.5, 0.6) is 0 Å². The Hall–Kier alpha value is -1.44. The van der Waals surface area contributed by atoms with Crippen molar-refractivity contribution in [2.75, 3.05) is 0 Å². The van der Waals surface area contributed by atoms with Gasteiger partial charge in [0.25, 0.3) is 5.91 Å². The fourth-order valence-electron chi connectivity index (χ4n) is 1.50. The molecule has 0 spiro atoms. The Balaban J connectivity index is 3.46. The molecule has 9 heteroatoms. The highest BCUT2D eigenvalue weighted by atomic mass is 35.5. The number of alkyl halides is 6. The van der Waals surface area contributed by atoms with Crippen LogP contribution in [-0.2, 0) is 12.4 Å². The number of halogens is 7. The number of nitrogens with zero attached hydrogens (tertiary/aromatic N) is 1. The smallest absolute Gasteiger partial charge is 0.268 e. The molecule has 2 nitrogen and oxygen atoms in total. The molecule has 0 saturated heterocycles. The molecule has 0 heterocycles. The van der Waals surface area contributed by atoms with Gasteiger partial charge in [0.05, 0.1) is 16.7 Å². The summed E-state index contributed by atoms with van der Waals surface area (Å²) in [5.41, 5.74) is -4.90. The fraction of sp³-hybridized carbons (Fsp3) is 0.462. The van der Waals surface area contributed by atoms with E-state index in [2.05, 4.69) is 0 Å². The number of carbonyl (C=O) groups is 1. The number of hydrogen-bond donors (Lipinski definition) is 0. The second-order valence-corrected chi connectivity index (χ2v) is 5.89. The molecule has 1 aromatic carbocycles. The van der Waals surface area contributed by atoms with Crippen molar-refractivity contribution in [2.24, 2.45) is 0 Å². The van der Waals surface area contributed by atoms with Crippen LogP contribution in [0.4, 0.5) is 26.3 Å². The third-order valence-electron chi connectivity index (χ3n) is 2.60. The molecule has 0 radical (unpaired) electrons. The van der Waals surface area contributed by atoms with Crippen LogP contribution in [0.25, 0.3) is 0 Å². The number of hydrogen-bond acceptors (Lipinski definition) is 1. The van der Waals surface area contributed by atoms with Crippen LogP contribution in [0, 0.1) is 0 Å².